The summed E-state index contributed by atoms with van der Waals surface area (Å²) in [6, 6.07) is 3.32. The van der Waals surface area contributed by atoms with Crippen molar-refractivity contribution in [3.05, 3.63) is 53.3 Å². The molecule has 0 radical (unpaired) electrons. The fourth-order valence-electron chi connectivity index (χ4n) is 2.29. The fourth-order valence-corrected chi connectivity index (χ4v) is 3.98. The van der Waals surface area contributed by atoms with E-state index in [0.717, 1.165) is 12.1 Å². The van der Waals surface area contributed by atoms with Gasteiger partial charge in [-0.15, -0.1) is 0 Å². The zero-order valence-electron chi connectivity index (χ0n) is 13.2. The Morgan fingerprint density at radius 1 is 1.21 bits per heavy atom. The third kappa shape index (κ3) is 4.23. The first-order valence-corrected chi connectivity index (χ1v) is 9.21. The van der Waals surface area contributed by atoms with Crippen LogP contribution in [0.1, 0.15) is 6.92 Å². The van der Waals surface area contributed by atoms with Crippen LogP contribution in [-0.2, 0) is 14.8 Å². The molecule has 0 aliphatic carbocycles. The van der Waals surface area contributed by atoms with Gasteiger partial charge in [0.15, 0.2) is 0 Å². The maximum atomic E-state index is 13.2. The van der Waals surface area contributed by atoms with Crippen LogP contribution >= 0.6 is 11.6 Å². The highest BCUT2D eigenvalue weighted by Crippen LogP contribution is 2.23. The molecule has 1 aromatic carbocycles. The topological polar surface area (TPSA) is 57.7 Å². The van der Waals surface area contributed by atoms with Gasteiger partial charge in [-0.1, -0.05) is 29.8 Å². The van der Waals surface area contributed by atoms with Crippen molar-refractivity contribution in [3.8, 4) is 0 Å². The number of carbonyl (C=O) groups excluding carboxylic acids is 1. The number of piperazine rings is 1. The zero-order valence-corrected chi connectivity index (χ0v) is 14.7. The van der Waals surface area contributed by atoms with Crippen LogP contribution in [0, 0.1) is 5.82 Å². The molecule has 2 rings (SSSR count). The van der Waals surface area contributed by atoms with Gasteiger partial charge in [-0.2, -0.15) is 4.31 Å². The van der Waals surface area contributed by atoms with Crippen molar-refractivity contribution < 1.29 is 17.6 Å². The van der Waals surface area contributed by atoms with Crippen molar-refractivity contribution in [1.82, 2.24) is 9.21 Å². The molecule has 8 heteroatoms. The minimum absolute atomic E-state index is 0.0540. The highest BCUT2D eigenvalue weighted by atomic mass is 35.5. The predicted octanol–water partition coefficient (Wildman–Crippen LogP) is 2.44. The van der Waals surface area contributed by atoms with Gasteiger partial charge in [0.25, 0.3) is 0 Å². The summed E-state index contributed by atoms with van der Waals surface area (Å²) in [6.07, 6.45) is 6.65. The van der Waals surface area contributed by atoms with Gasteiger partial charge in [0.2, 0.25) is 15.9 Å². The average Bonchev–Trinajstić information content (AvgIpc) is 2.57. The average molecular weight is 373 g/mol. The van der Waals surface area contributed by atoms with Crippen molar-refractivity contribution in [2.45, 2.75) is 11.8 Å². The van der Waals surface area contributed by atoms with Gasteiger partial charge in [0.05, 0.1) is 9.92 Å². The number of halogens is 2. The molecule has 0 bridgehead atoms. The molecule has 1 aliphatic rings. The summed E-state index contributed by atoms with van der Waals surface area (Å²) >= 11 is 5.66. The first-order valence-electron chi connectivity index (χ1n) is 7.39. The van der Waals surface area contributed by atoms with Gasteiger partial charge in [-0.25, -0.2) is 12.8 Å². The highest BCUT2D eigenvalue weighted by molar-refractivity contribution is 7.89. The van der Waals surface area contributed by atoms with Gasteiger partial charge < -0.3 is 4.90 Å². The third-order valence-electron chi connectivity index (χ3n) is 3.62. The van der Waals surface area contributed by atoms with E-state index in [4.69, 9.17) is 11.6 Å². The Bertz CT molecular complexity index is 770. The fraction of sp³-hybridized carbons (Fsp3) is 0.312. The van der Waals surface area contributed by atoms with Crippen LogP contribution in [0.2, 0.25) is 5.02 Å². The van der Waals surface area contributed by atoms with E-state index in [1.54, 1.807) is 17.1 Å². The van der Waals surface area contributed by atoms with Crippen LogP contribution < -0.4 is 0 Å². The minimum atomic E-state index is -3.76. The largest absolute Gasteiger partial charge is 0.337 e. The SMILES string of the molecule is C/C=C/C=C/C(=O)N1CCN(S(=O)(=O)c2ccc(F)c(Cl)c2)CC1. The standard InChI is InChI=1S/C16H18ClFN2O3S/c1-2-3-4-5-16(21)19-8-10-20(11-9-19)24(22,23)13-6-7-15(18)14(17)12-13/h2-7,12H,8-11H2,1H3/b3-2+,5-4+. The van der Waals surface area contributed by atoms with E-state index in [1.807, 2.05) is 13.0 Å². The van der Waals surface area contributed by atoms with E-state index < -0.39 is 15.8 Å². The van der Waals surface area contributed by atoms with Crippen molar-refractivity contribution in [2.75, 3.05) is 26.2 Å². The number of rotatable bonds is 4. The normalized spacial score (nSPS) is 17.0. The van der Waals surface area contributed by atoms with Crippen LogP contribution in [0.3, 0.4) is 0 Å². The molecule has 0 saturated carbocycles. The number of sulfonamides is 1. The molecular weight excluding hydrogens is 355 g/mol. The Hall–Kier alpha value is -1.70. The Kier molecular flexibility index (Phi) is 6.15. The number of amides is 1. The van der Waals surface area contributed by atoms with Crippen molar-refractivity contribution >= 4 is 27.5 Å². The Morgan fingerprint density at radius 3 is 2.46 bits per heavy atom. The summed E-state index contributed by atoms with van der Waals surface area (Å²) in [7, 11) is -3.76. The Morgan fingerprint density at radius 2 is 1.88 bits per heavy atom. The molecular formula is C16H18ClFN2O3S. The summed E-state index contributed by atoms with van der Waals surface area (Å²) in [5.41, 5.74) is 0. The number of hydrogen-bond acceptors (Lipinski definition) is 3. The summed E-state index contributed by atoms with van der Waals surface area (Å²) in [4.78, 5) is 13.5. The van der Waals surface area contributed by atoms with Crippen LogP contribution in [0.4, 0.5) is 4.39 Å². The number of nitrogens with zero attached hydrogens (tertiary/aromatic N) is 2. The first kappa shape index (κ1) is 18.6. The summed E-state index contributed by atoms with van der Waals surface area (Å²) in [5, 5.41) is -0.237. The van der Waals surface area contributed by atoms with Crippen LogP contribution in [-0.4, -0.2) is 49.7 Å². The number of hydrogen-bond donors (Lipinski definition) is 0. The molecule has 1 heterocycles. The molecule has 130 valence electrons. The molecule has 1 saturated heterocycles. The van der Waals surface area contributed by atoms with Crippen molar-refractivity contribution in [1.29, 1.82) is 0 Å². The lowest BCUT2D eigenvalue weighted by molar-refractivity contribution is -0.127. The third-order valence-corrected chi connectivity index (χ3v) is 5.81. The molecule has 24 heavy (non-hydrogen) atoms. The smallest absolute Gasteiger partial charge is 0.246 e. The minimum Gasteiger partial charge on any atom is -0.337 e. The summed E-state index contributed by atoms with van der Waals surface area (Å²) in [6.45, 7) is 2.81. The molecule has 1 aromatic rings. The van der Waals surface area contributed by atoms with E-state index in [-0.39, 0.29) is 28.9 Å². The molecule has 0 spiro atoms. The summed E-state index contributed by atoms with van der Waals surface area (Å²) in [5.74, 6) is -0.825. The number of carbonyl (C=O) groups is 1. The van der Waals surface area contributed by atoms with Gasteiger partial charge in [-0.3, -0.25) is 4.79 Å². The highest BCUT2D eigenvalue weighted by Gasteiger charge is 2.29. The van der Waals surface area contributed by atoms with Gasteiger partial charge >= 0.3 is 0 Å². The molecule has 1 fully saturated rings. The monoisotopic (exact) mass is 372 g/mol. The Balaban J connectivity index is 2.05. The van der Waals surface area contributed by atoms with E-state index in [0.29, 0.717) is 13.1 Å². The van der Waals surface area contributed by atoms with E-state index in [9.17, 15) is 17.6 Å². The van der Waals surface area contributed by atoms with Crippen LogP contribution in [0.15, 0.2) is 47.4 Å². The van der Waals surface area contributed by atoms with E-state index in [2.05, 4.69) is 0 Å². The second kappa shape index (κ2) is 7.92. The van der Waals surface area contributed by atoms with E-state index in [1.165, 1.54) is 16.4 Å². The van der Waals surface area contributed by atoms with Crippen LogP contribution in [0.5, 0.6) is 0 Å². The molecule has 5 nitrogen and oxygen atoms in total. The molecule has 1 aliphatic heterocycles. The van der Waals surface area contributed by atoms with Crippen molar-refractivity contribution in [3.63, 3.8) is 0 Å². The number of benzene rings is 1. The maximum absolute atomic E-state index is 13.2. The predicted molar refractivity (Wildman–Crippen MR) is 90.7 cm³/mol. The second-order valence-corrected chi connectivity index (χ2v) is 7.54. The molecule has 0 unspecified atom stereocenters. The molecule has 1 amide bonds. The second-order valence-electron chi connectivity index (χ2n) is 5.19. The Labute approximate surface area is 146 Å². The molecule has 0 N–H and O–H groups in total. The van der Waals surface area contributed by atoms with Gasteiger partial charge in [0.1, 0.15) is 5.82 Å². The molecule has 0 aromatic heterocycles. The number of allylic oxidation sites excluding steroid dienone is 3. The zero-order chi connectivity index (χ0) is 17.7. The van der Waals surface area contributed by atoms with Gasteiger partial charge in [0, 0.05) is 32.3 Å². The first-order chi connectivity index (χ1) is 11.4. The quantitative estimate of drug-likeness (QED) is 0.602. The van der Waals surface area contributed by atoms with Gasteiger partial charge in [-0.05, 0) is 25.1 Å². The lowest BCUT2D eigenvalue weighted by atomic mass is 10.3. The molecule has 0 atom stereocenters. The summed E-state index contributed by atoms with van der Waals surface area (Å²) < 4.78 is 39.6. The van der Waals surface area contributed by atoms with Crippen molar-refractivity contribution in [2.24, 2.45) is 0 Å². The van der Waals surface area contributed by atoms with Crippen LogP contribution in [0.25, 0.3) is 0 Å². The van der Waals surface area contributed by atoms with E-state index >= 15 is 0 Å². The lowest BCUT2D eigenvalue weighted by Gasteiger charge is -2.33. The maximum Gasteiger partial charge on any atom is 0.246 e. The lowest BCUT2D eigenvalue weighted by Crippen LogP contribution is -2.50.